The molecule has 1 aromatic heterocycles. The minimum absolute atomic E-state index is 0.0592. The highest BCUT2D eigenvalue weighted by molar-refractivity contribution is 9.10. The zero-order chi connectivity index (χ0) is 13.8. The first kappa shape index (κ1) is 13.0. The number of nitriles is 1. The van der Waals surface area contributed by atoms with Crippen LogP contribution in [0, 0.1) is 21.4 Å². The van der Waals surface area contributed by atoms with E-state index in [2.05, 4.69) is 20.9 Å². The Bertz CT molecular complexity index is 682. The van der Waals surface area contributed by atoms with E-state index in [1.54, 1.807) is 12.3 Å². The van der Waals surface area contributed by atoms with Gasteiger partial charge in [-0.2, -0.15) is 5.26 Å². The van der Waals surface area contributed by atoms with Crippen molar-refractivity contribution >= 4 is 21.6 Å². The van der Waals surface area contributed by atoms with Gasteiger partial charge in [0.25, 0.3) is 0 Å². The van der Waals surface area contributed by atoms with Gasteiger partial charge in [-0.3, -0.25) is 15.1 Å². The Hall–Kier alpha value is -2.46. The molecule has 0 unspecified atom stereocenters. The van der Waals surface area contributed by atoms with Gasteiger partial charge in [-0.25, -0.2) is 0 Å². The van der Waals surface area contributed by atoms with Gasteiger partial charge in [-0.05, 0) is 34.1 Å². The van der Waals surface area contributed by atoms with E-state index in [1.165, 1.54) is 24.4 Å². The Balaban J connectivity index is 2.40. The molecule has 0 atom stereocenters. The summed E-state index contributed by atoms with van der Waals surface area (Å²) < 4.78 is 6.10. The van der Waals surface area contributed by atoms with Gasteiger partial charge in [-0.1, -0.05) is 0 Å². The molecule has 1 heterocycles. The molecular formula is C12H6BrN3O3. The van der Waals surface area contributed by atoms with E-state index >= 15 is 0 Å². The van der Waals surface area contributed by atoms with E-state index in [-0.39, 0.29) is 17.0 Å². The number of rotatable bonds is 3. The van der Waals surface area contributed by atoms with Crippen LogP contribution in [0.15, 0.2) is 41.1 Å². The molecular weight excluding hydrogens is 314 g/mol. The topological polar surface area (TPSA) is 89.0 Å². The molecule has 0 saturated carbocycles. The van der Waals surface area contributed by atoms with Gasteiger partial charge in [0.15, 0.2) is 0 Å². The van der Waals surface area contributed by atoms with Crippen molar-refractivity contribution in [3.8, 4) is 17.6 Å². The molecule has 0 saturated heterocycles. The Morgan fingerprint density at radius 2 is 2.16 bits per heavy atom. The molecule has 1 aromatic carbocycles. The highest BCUT2D eigenvalue weighted by Crippen LogP contribution is 2.32. The largest absolute Gasteiger partial charge is 0.448 e. The van der Waals surface area contributed by atoms with E-state index in [9.17, 15) is 10.1 Å². The molecule has 0 bridgehead atoms. The highest BCUT2D eigenvalue weighted by Gasteiger charge is 2.17. The molecule has 2 rings (SSSR count). The first-order chi connectivity index (χ1) is 9.10. The molecule has 0 spiro atoms. The van der Waals surface area contributed by atoms with Crippen molar-refractivity contribution in [1.29, 1.82) is 5.26 Å². The summed E-state index contributed by atoms with van der Waals surface area (Å²) in [7, 11) is 0. The summed E-state index contributed by atoms with van der Waals surface area (Å²) >= 11 is 3.23. The van der Waals surface area contributed by atoms with Crippen LogP contribution in [0.1, 0.15) is 5.56 Å². The van der Waals surface area contributed by atoms with Crippen LogP contribution in [-0.4, -0.2) is 9.91 Å². The quantitative estimate of drug-likeness (QED) is 0.638. The van der Waals surface area contributed by atoms with Crippen LogP contribution in [0.25, 0.3) is 0 Å². The monoisotopic (exact) mass is 319 g/mol. The van der Waals surface area contributed by atoms with Crippen LogP contribution in [0.4, 0.5) is 5.69 Å². The van der Waals surface area contributed by atoms with Crippen LogP contribution in [0.2, 0.25) is 0 Å². The second-order valence-electron chi connectivity index (χ2n) is 3.49. The fourth-order valence-electron chi connectivity index (χ4n) is 1.39. The van der Waals surface area contributed by atoms with Crippen molar-refractivity contribution in [1.82, 2.24) is 4.98 Å². The number of benzene rings is 1. The lowest BCUT2D eigenvalue weighted by molar-refractivity contribution is -0.385. The molecule has 0 aliphatic rings. The third kappa shape index (κ3) is 3.05. The van der Waals surface area contributed by atoms with Crippen molar-refractivity contribution in [2.45, 2.75) is 0 Å². The molecule has 6 nitrogen and oxygen atoms in total. The summed E-state index contributed by atoms with van der Waals surface area (Å²) in [4.78, 5) is 14.2. The summed E-state index contributed by atoms with van der Waals surface area (Å²) in [5.74, 6) is 0.422. The van der Waals surface area contributed by atoms with Gasteiger partial charge < -0.3 is 4.74 Å². The predicted octanol–water partition coefficient (Wildman–Crippen LogP) is 3.42. The smallest absolute Gasteiger partial charge is 0.312 e. The summed E-state index contributed by atoms with van der Waals surface area (Å²) in [5.41, 5.74) is -0.0644. The maximum atomic E-state index is 10.9. The number of nitrogens with zero attached hydrogens (tertiary/aromatic N) is 3. The van der Waals surface area contributed by atoms with Crippen LogP contribution in [0.3, 0.4) is 0 Å². The van der Waals surface area contributed by atoms with E-state index in [0.717, 1.165) is 0 Å². The zero-order valence-electron chi connectivity index (χ0n) is 9.41. The number of hydrogen-bond acceptors (Lipinski definition) is 5. The summed E-state index contributed by atoms with van der Waals surface area (Å²) in [6.07, 6.45) is 3.01. The number of halogens is 1. The zero-order valence-corrected chi connectivity index (χ0v) is 11.0. The fraction of sp³-hybridized carbons (Fsp3) is 0. The Labute approximate surface area is 116 Å². The van der Waals surface area contributed by atoms with Crippen molar-refractivity contribution in [2.24, 2.45) is 0 Å². The molecule has 0 amide bonds. The first-order valence-electron chi connectivity index (χ1n) is 5.07. The molecule has 19 heavy (non-hydrogen) atoms. The van der Waals surface area contributed by atoms with E-state index in [0.29, 0.717) is 10.2 Å². The summed E-state index contributed by atoms with van der Waals surface area (Å²) in [6, 6.07) is 7.48. The van der Waals surface area contributed by atoms with Crippen molar-refractivity contribution < 1.29 is 9.66 Å². The first-order valence-corrected chi connectivity index (χ1v) is 5.86. The SMILES string of the molecule is N#Cc1ccc(Oc2cncc(Br)c2)c([N+](=O)[O-])c1. The summed E-state index contributed by atoms with van der Waals surface area (Å²) in [5, 5.41) is 19.7. The van der Waals surface area contributed by atoms with Crippen molar-refractivity contribution in [3.63, 3.8) is 0 Å². The summed E-state index contributed by atoms with van der Waals surface area (Å²) in [6.45, 7) is 0. The molecule has 0 radical (unpaired) electrons. The number of ether oxygens (including phenoxy) is 1. The predicted molar refractivity (Wildman–Crippen MR) is 69.8 cm³/mol. The fourth-order valence-corrected chi connectivity index (χ4v) is 1.73. The standard InChI is InChI=1S/C12H6BrN3O3/c13-9-4-10(7-15-6-9)19-12-2-1-8(5-14)3-11(12)16(17)18/h1-4,6-7H. The Morgan fingerprint density at radius 3 is 2.79 bits per heavy atom. The van der Waals surface area contributed by atoms with E-state index < -0.39 is 4.92 Å². The lowest BCUT2D eigenvalue weighted by atomic mass is 10.2. The molecule has 2 aromatic rings. The average Bonchev–Trinajstić information content (AvgIpc) is 2.39. The number of nitro groups is 1. The minimum Gasteiger partial charge on any atom is -0.448 e. The van der Waals surface area contributed by atoms with Crippen molar-refractivity contribution in [3.05, 3.63) is 56.8 Å². The lowest BCUT2D eigenvalue weighted by Crippen LogP contribution is -1.94. The van der Waals surface area contributed by atoms with Gasteiger partial charge in [0, 0.05) is 16.7 Å². The number of nitro benzene ring substituents is 1. The molecule has 0 N–H and O–H groups in total. The number of aromatic nitrogens is 1. The third-order valence-corrected chi connectivity index (χ3v) is 2.63. The minimum atomic E-state index is -0.596. The van der Waals surface area contributed by atoms with E-state index in [1.807, 2.05) is 6.07 Å². The third-order valence-electron chi connectivity index (χ3n) is 2.19. The lowest BCUT2D eigenvalue weighted by Gasteiger charge is -2.06. The van der Waals surface area contributed by atoms with Gasteiger partial charge in [0.2, 0.25) is 5.75 Å². The molecule has 7 heteroatoms. The number of hydrogen-bond donors (Lipinski definition) is 0. The molecule has 0 aliphatic carbocycles. The van der Waals surface area contributed by atoms with Gasteiger partial charge in [0.1, 0.15) is 5.75 Å². The van der Waals surface area contributed by atoms with Crippen LogP contribution in [-0.2, 0) is 0 Å². The molecule has 94 valence electrons. The second kappa shape index (κ2) is 5.46. The van der Waals surface area contributed by atoms with Crippen LogP contribution >= 0.6 is 15.9 Å². The Kier molecular flexibility index (Phi) is 3.73. The van der Waals surface area contributed by atoms with Crippen molar-refractivity contribution in [2.75, 3.05) is 0 Å². The number of pyridine rings is 1. The maximum Gasteiger partial charge on any atom is 0.312 e. The Morgan fingerprint density at radius 1 is 1.37 bits per heavy atom. The van der Waals surface area contributed by atoms with Crippen LogP contribution < -0.4 is 4.74 Å². The highest BCUT2D eigenvalue weighted by atomic mass is 79.9. The van der Waals surface area contributed by atoms with Crippen LogP contribution in [0.5, 0.6) is 11.5 Å². The van der Waals surface area contributed by atoms with Gasteiger partial charge >= 0.3 is 5.69 Å². The van der Waals surface area contributed by atoms with Gasteiger partial charge in [-0.15, -0.1) is 0 Å². The van der Waals surface area contributed by atoms with Gasteiger partial charge in [0.05, 0.1) is 22.8 Å². The molecule has 0 fully saturated rings. The second-order valence-corrected chi connectivity index (χ2v) is 4.41. The normalized spacial score (nSPS) is 9.68. The van der Waals surface area contributed by atoms with E-state index in [4.69, 9.17) is 10.00 Å². The maximum absolute atomic E-state index is 10.9. The molecule has 0 aliphatic heterocycles. The average molecular weight is 320 g/mol.